The first-order valence-corrected chi connectivity index (χ1v) is 6.93. The van der Waals surface area contributed by atoms with E-state index in [1.165, 1.54) is 25.9 Å². The van der Waals surface area contributed by atoms with Crippen molar-refractivity contribution in [3.63, 3.8) is 0 Å². The standard InChI is InChI=1S/C15H20N2O2/c1-19-13-4-2-12(3-5-13)15(18)16-14-10-17-8-6-11(14)7-9-17/h2-5,11,14H,6-10H2,1H3,(H,16,18). The molecule has 1 aromatic rings. The van der Waals surface area contributed by atoms with E-state index in [9.17, 15) is 4.79 Å². The molecule has 0 saturated carbocycles. The normalized spacial score (nSPS) is 29.0. The summed E-state index contributed by atoms with van der Waals surface area (Å²) in [5.74, 6) is 1.47. The minimum absolute atomic E-state index is 0.0291. The van der Waals surface area contributed by atoms with Gasteiger partial charge in [0.2, 0.25) is 0 Å². The number of hydrogen-bond donors (Lipinski definition) is 1. The number of methoxy groups -OCH3 is 1. The second-order valence-corrected chi connectivity index (χ2v) is 5.45. The topological polar surface area (TPSA) is 41.6 Å². The third kappa shape index (κ3) is 2.59. The van der Waals surface area contributed by atoms with E-state index in [1.54, 1.807) is 7.11 Å². The van der Waals surface area contributed by atoms with Crippen LogP contribution in [0.2, 0.25) is 0 Å². The molecular weight excluding hydrogens is 240 g/mol. The molecule has 0 spiro atoms. The van der Waals surface area contributed by atoms with Gasteiger partial charge in [-0.15, -0.1) is 0 Å². The zero-order valence-corrected chi connectivity index (χ0v) is 11.3. The fourth-order valence-electron chi connectivity index (χ4n) is 3.12. The van der Waals surface area contributed by atoms with E-state index >= 15 is 0 Å². The predicted molar refractivity (Wildman–Crippen MR) is 73.4 cm³/mol. The summed E-state index contributed by atoms with van der Waals surface area (Å²) in [6, 6.07) is 7.60. The molecule has 3 aliphatic rings. The Labute approximate surface area is 113 Å². The molecule has 3 fully saturated rings. The van der Waals surface area contributed by atoms with Crippen molar-refractivity contribution >= 4 is 5.91 Å². The highest BCUT2D eigenvalue weighted by Gasteiger charge is 2.34. The molecular formula is C15H20N2O2. The summed E-state index contributed by atoms with van der Waals surface area (Å²) in [4.78, 5) is 14.7. The summed E-state index contributed by atoms with van der Waals surface area (Å²) in [6.07, 6.45) is 2.43. The Morgan fingerprint density at radius 2 is 1.95 bits per heavy atom. The predicted octanol–water partition coefficient (Wildman–Crippen LogP) is 1.52. The fourth-order valence-corrected chi connectivity index (χ4v) is 3.12. The van der Waals surface area contributed by atoms with E-state index in [2.05, 4.69) is 10.2 Å². The van der Waals surface area contributed by atoms with Gasteiger partial charge in [0.25, 0.3) is 5.91 Å². The maximum absolute atomic E-state index is 12.2. The van der Waals surface area contributed by atoms with Crippen molar-refractivity contribution in [2.24, 2.45) is 5.92 Å². The number of fused-ring (bicyclic) bond motifs is 3. The van der Waals surface area contributed by atoms with Gasteiger partial charge >= 0.3 is 0 Å². The van der Waals surface area contributed by atoms with Crippen LogP contribution in [0.4, 0.5) is 0 Å². The molecule has 102 valence electrons. The van der Waals surface area contributed by atoms with Gasteiger partial charge in [-0.25, -0.2) is 0 Å². The number of hydrogen-bond acceptors (Lipinski definition) is 3. The summed E-state index contributed by atoms with van der Waals surface area (Å²) in [7, 11) is 1.63. The molecule has 1 N–H and O–H groups in total. The molecule has 3 aliphatic heterocycles. The summed E-state index contributed by atoms with van der Waals surface area (Å²) in [6.45, 7) is 3.39. The van der Waals surface area contributed by atoms with Crippen molar-refractivity contribution in [2.45, 2.75) is 18.9 Å². The van der Waals surface area contributed by atoms with Gasteiger partial charge in [-0.1, -0.05) is 0 Å². The smallest absolute Gasteiger partial charge is 0.251 e. The van der Waals surface area contributed by atoms with E-state index in [1.807, 2.05) is 24.3 Å². The molecule has 19 heavy (non-hydrogen) atoms. The zero-order valence-electron chi connectivity index (χ0n) is 11.3. The Kier molecular flexibility index (Phi) is 3.42. The second kappa shape index (κ2) is 5.21. The number of nitrogens with one attached hydrogen (secondary N) is 1. The average molecular weight is 260 g/mol. The maximum atomic E-state index is 12.2. The van der Waals surface area contributed by atoms with Crippen molar-refractivity contribution in [2.75, 3.05) is 26.7 Å². The minimum atomic E-state index is 0.0291. The van der Waals surface area contributed by atoms with Crippen molar-refractivity contribution in [3.8, 4) is 5.75 Å². The Bertz CT molecular complexity index is 450. The van der Waals surface area contributed by atoms with Crippen LogP contribution in [-0.2, 0) is 0 Å². The maximum Gasteiger partial charge on any atom is 0.251 e. The number of amides is 1. The quantitative estimate of drug-likeness (QED) is 0.896. The Balaban J connectivity index is 1.64. The number of benzene rings is 1. The first-order valence-electron chi connectivity index (χ1n) is 6.93. The lowest BCUT2D eigenvalue weighted by Gasteiger charge is -2.44. The van der Waals surface area contributed by atoms with Gasteiger partial charge < -0.3 is 15.0 Å². The second-order valence-electron chi connectivity index (χ2n) is 5.45. The summed E-state index contributed by atoms with van der Waals surface area (Å²) in [5, 5.41) is 3.18. The molecule has 1 aromatic carbocycles. The number of carbonyl (C=O) groups excluding carboxylic acids is 1. The molecule has 0 aromatic heterocycles. The first-order chi connectivity index (χ1) is 9.26. The largest absolute Gasteiger partial charge is 0.497 e. The molecule has 1 unspecified atom stereocenters. The van der Waals surface area contributed by atoms with Crippen molar-refractivity contribution in [1.29, 1.82) is 0 Å². The summed E-state index contributed by atoms with van der Waals surface area (Å²) >= 11 is 0. The lowest BCUT2D eigenvalue weighted by molar-refractivity contribution is 0.0620. The van der Waals surface area contributed by atoms with E-state index in [0.717, 1.165) is 12.3 Å². The van der Waals surface area contributed by atoms with Crippen molar-refractivity contribution in [3.05, 3.63) is 29.8 Å². The number of carbonyl (C=O) groups is 1. The highest BCUT2D eigenvalue weighted by molar-refractivity contribution is 5.94. The molecule has 3 saturated heterocycles. The molecule has 4 heteroatoms. The molecule has 2 bridgehead atoms. The highest BCUT2D eigenvalue weighted by Crippen LogP contribution is 2.27. The SMILES string of the molecule is COc1ccc(C(=O)NC2CN3CCC2CC3)cc1. The van der Waals surface area contributed by atoms with Crippen LogP contribution in [0, 0.1) is 5.92 Å². The molecule has 1 amide bonds. The van der Waals surface area contributed by atoms with Crippen LogP contribution in [0.15, 0.2) is 24.3 Å². The average Bonchev–Trinajstić information content (AvgIpc) is 2.48. The van der Waals surface area contributed by atoms with Crippen LogP contribution in [0.1, 0.15) is 23.2 Å². The van der Waals surface area contributed by atoms with E-state index in [0.29, 0.717) is 17.5 Å². The molecule has 1 atom stereocenters. The molecule has 0 radical (unpaired) electrons. The summed E-state index contributed by atoms with van der Waals surface area (Å²) in [5.41, 5.74) is 0.706. The zero-order chi connectivity index (χ0) is 13.2. The lowest BCUT2D eigenvalue weighted by Crippen LogP contribution is -2.57. The van der Waals surface area contributed by atoms with Crippen LogP contribution >= 0.6 is 0 Å². The molecule has 0 aliphatic carbocycles. The van der Waals surface area contributed by atoms with Crippen LogP contribution < -0.4 is 10.1 Å². The van der Waals surface area contributed by atoms with Gasteiger partial charge in [-0.3, -0.25) is 4.79 Å². The molecule has 4 rings (SSSR count). The number of ether oxygens (including phenoxy) is 1. The van der Waals surface area contributed by atoms with Crippen LogP contribution in [-0.4, -0.2) is 43.6 Å². The van der Waals surface area contributed by atoms with Crippen LogP contribution in [0.25, 0.3) is 0 Å². The Morgan fingerprint density at radius 1 is 1.26 bits per heavy atom. The monoisotopic (exact) mass is 260 g/mol. The fraction of sp³-hybridized carbons (Fsp3) is 0.533. The Morgan fingerprint density at radius 3 is 2.47 bits per heavy atom. The number of rotatable bonds is 3. The van der Waals surface area contributed by atoms with E-state index in [-0.39, 0.29) is 5.91 Å². The lowest BCUT2D eigenvalue weighted by atomic mass is 9.84. The van der Waals surface area contributed by atoms with Crippen molar-refractivity contribution in [1.82, 2.24) is 10.2 Å². The Hall–Kier alpha value is -1.55. The third-order valence-corrected chi connectivity index (χ3v) is 4.32. The van der Waals surface area contributed by atoms with Crippen LogP contribution in [0.3, 0.4) is 0 Å². The van der Waals surface area contributed by atoms with Crippen LogP contribution in [0.5, 0.6) is 5.75 Å². The van der Waals surface area contributed by atoms with Gasteiger partial charge in [0.15, 0.2) is 0 Å². The third-order valence-electron chi connectivity index (χ3n) is 4.32. The van der Waals surface area contributed by atoms with Gasteiger partial charge in [-0.05, 0) is 56.1 Å². The first kappa shape index (κ1) is 12.5. The van der Waals surface area contributed by atoms with E-state index in [4.69, 9.17) is 4.74 Å². The van der Waals surface area contributed by atoms with Crippen molar-refractivity contribution < 1.29 is 9.53 Å². The van der Waals surface area contributed by atoms with Gasteiger partial charge in [0.05, 0.1) is 7.11 Å². The molecule has 3 heterocycles. The summed E-state index contributed by atoms with van der Waals surface area (Å²) < 4.78 is 5.10. The highest BCUT2D eigenvalue weighted by atomic mass is 16.5. The van der Waals surface area contributed by atoms with Gasteiger partial charge in [0.1, 0.15) is 5.75 Å². The number of nitrogens with zero attached hydrogens (tertiary/aromatic N) is 1. The van der Waals surface area contributed by atoms with Gasteiger partial charge in [-0.2, -0.15) is 0 Å². The number of piperidine rings is 3. The molecule has 4 nitrogen and oxygen atoms in total. The van der Waals surface area contributed by atoms with Gasteiger partial charge in [0, 0.05) is 18.2 Å². The minimum Gasteiger partial charge on any atom is -0.497 e. The van der Waals surface area contributed by atoms with E-state index < -0.39 is 0 Å².